The van der Waals surface area contributed by atoms with Crippen LogP contribution in [-0.2, 0) is 15.5 Å². The number of hydrogen-bond acceptors (Lipinski definition) is 6. The van der Waals surface area contributed by atoms with Crippen molar-refractivity contribution in [3.63, 3.8) is 0 Å². The normalized spacial score (nSPS) is 16.6. The number of carbonyl (C=O) groups excluding carboxylic acids is 1. The van der Waals surface area contributed by atoms with Gasteiger partial charge in [-0.15, -0.1) is 0 Å². The highest BCUT2D eigenvalue weighted by molar-refractivity contribution is 7.72. The quantitative estimate of drug-likeness (QED) is 0.478. The van der Waals surface area contributed by atoms with Crippen molar-refractivity contribution in [2.45, 2.75) is 33.0 Å². The maximum atomic E-state index is 14.0. The van der Waals surface area contributed by atoms with Crippen LogP contribution in [0.15, 0.2) is 36.4 Å². The Kier molecular flexibility index (Phi) is 7.01. The number of methoxy groups -OCH3 is 1. The smallest absolute Gasteiger partial charge is 0.416 e. The molecule has 7 nitrogen and oxygen atoms in total. The molecule has 1 atom stereocenters. The maximum absolute atomic E-state index is 14.0. The number of hydrogen-bond donors (Lipinski definition) is 1. The third-order valence-electron chi connectivity index (χ3n) is 6.52. The zero-order chi connectivity index (χ0) is 26.3. The number of rotatable bonds is 5. The third kappa shape index (κ3) is 5.19. The Morgan fingerprint density at radius 1 is 1.17 bits per heavy atom. The van der Waals surface area contributed by atoms with Crippen molar-refractivity contribution in [3.8, 4) is 5.75 Å². The van der Waals surface area contributed by atoms with Gasteiger partial charge in [0, 0.05) is 49.8 Å². The van der Waals surface area contributed by atoms with Crippen molar-refractivity contribution in [1.29, 1.82) is 0 Å². The Hall–Kier alpha value is -3.13. The highest BCUT2D eigenvalue weighted by Gasteiger charge is 2.35. The topological polar surface area (TPSA) is 84.4 Å². The number of anilines is 1. The van der Waals surface area contributed by atoms with Crippen molar-refractivity contribution in [3.05, 3.63) is 53.3 Å². The summed E-state index contributed by atoms with van der Waals surface area (Å²) in [7, 11) is -1.37. The lowest BCUT2D eigenvalue weighted by molar-refractivity contribution is -0.137. The van der Waals surface area contributed by atoms with Crippen molar-refractivity contribution < 1.29 is 27.3 Å². The van der Waals surface area contributed by atoms with E-state index in [1.54, 1.807) is 36.9 Å². The molecule has 2 heterocycles. The van der Waals surface area contributed by atoms with E-state index < -0.39 is 24.9 Å². The summed E-state index contributed by atoms with van der Waals surface area (Å²) in [6, 6.07) is 8.14. The zero-order valence-corrected chi connectivity index (χ0v) is 21.4. The molecule has 36 heavy (non-hydrogen) atoms. The van der Waals surface area contributed by atoms with Gasteiger partial charge in [-0.1, -0.05) is 12.1 Å². The Balaban J connectivity index is 1.74. The Morgan fingerprint density at radius 3 is 2.47 bits per heavy atom. The summed E-state index contributed by atoms with van der Waals surface area (Å²) in [4.78, 5) is 22.4. The van der Waals surface area contributed by atoms with E-state index in [1.807, 2.05) is 0 Å². The SMILES string of the molecule is COc1cc2nc(C)nc(N[C@H](C)c3cccc(C(F)(F)F)c3)c2cc1P1(=O)CCN(C(C)=O)CC1. The Labute approximate surface area is 207 Å². The number of benzene rings is 2. The molecule has 4 rings (SSSR count). The molecule has 1 aromatic heterocycles. The molecule has 0 radical (unpaired) electrons. The number of nitrogens with one attached hydrogen (secondary N) is 1. The minimum Gasteiger partial charge on any atom is -0.496 e. The molecule has 192 valence electrons. The van der Waals surface area contributed by atoms with Crippen LogP contribution >= 0.6 is 7.14 Å². The lowest BCUT2D eigenvalue weighted by Crippen LogP contribution is -2.40. The largest absolute Gasteiger partial charge is 0.496 e. The average molecular weight is 520 g/mol. The average Bonchev–Trinajstić information content (AvgIpc) is 2.83. The van der Waals surface area contributed by atoms with Gasteiger partial charge < -0.3 is 19.5 Å². The van der Waals surface area contributed by atoms with Gasteiger partial charge in [-0.05, 0) is 37.6 Å². The van der Waals surface area contributed by atoms with E-state index in [-0.39, 0.29) is 5.91 Å². The maximum Gasteiger partial charge on any atom is 0.416 e. The number of aryl methyl sites for hydroxylation is 1. The molecule has 1 fully saturated rings. The lowest BCUT2D eigenvalue weighted by atomic mass is 10.0. The van der Waals surface area contributed by atoms with E-state index in [1.165, 1.54) is 20.1 Å². The van der Waals surface area contributed by atoms with Gasteiger partial charge in [0.1, 0.15) is 24.5 Å². The van der Waals surface area contributed by atoms with Crippen LogP contribution in [0.2, 0.25) is 0 Å². The lowest BCUT2D eigenvalue weighted by Gasteiger charge is -2.32. The van der Waals surface area contributed by atoms with Crippen molar-refractivity contribution in [1.82, 2.24) is 14.9 Å². The van der Waals surface area contributed by atoms with E-state index in [0.29, 0.717) is 64.6 Å². The van der Waals surface area contributed by atoms with Crippen molar-refractivity contribution in [2.75, 3.05) is 37.8 Å². The van der Waals surface area contributed by atoms with E-state index in [4.69, 9.17) is 4.74 Å². The summed E-state index contributed by atoms with van der Waals surface area (Å²) in [5.41, 5.74) is 0.294. The van der Waals surface area contributed by atoms with Crippen LogP contribution in [0.25, 0.3) is 10.9 Å². The van der Waals surface area contributed by atoms with Gasteiger partial charge in [0.05, 0.1) is 23.5 Å². The van der Waals surface area contributed by atoms with Crippen molar-refractivity contribution in [2.24, 2.45) is 0 Å². The number of halogens is 3. The predicted molar refractivity (Wildman–Crippen MR) is 134 cm³/mol. The molecule has 0 bridgehead atoms. The minimum absolute atomic E-state index is 0.0503. The zero-order valence-electron chi connectivity index (χ0n) is 20.5. The highest BCUT2D eigenvalue weighted by atomic mass is 31.2. The Morgan fingerprint density at radius 2 is 1.86 bits per heavy atom. The first-order chi connectivity index (χ1) is 16.9. The molecule has 11 heteroatoms. The first-order valence-corrected chi connectivity index (χ1v) is 13.6. The Bertz CT molecular complexity index is 1350. The summed E-state index contributed by atoms with van der Waals surface area (Å²) < 4.78 is 59.2. The fourth-order valence-corrected chi connectivity index (χ4v) is 7.23. The molecule has 2 aromatic carbocycles. The van der Waals surface area contributed by atoms with Crippen LogP contribution in [0.4, 0.5) is 19.0 Å². The first-order valence-electron chi connectivity index (χ1n) is 11.6. The molecular weight excluding hydrogens is 492 g/mol. The summed E-state index contributed by atoms with van der Waals surface area (Å²) >= 11 is 0. The summed E-state index contributed by atoms with van der Waals surface area (Å²) in [5, 5.41) is 4.38. The van der Waals surface area contributed by atoms with Gasteiger partial charge in [0.2, 0.25) is 5.91 Å². The molecule has 1 N–H and O–H groups in total. The minimum atomic E-state index is -4.44. The molecule has 1 amide bonds. The molecule has 0 spiro atoms. The monoisotopic (exact) mass is 520 g/mol. The molecule has 1 saturated heterocycles. The van der Waals surface area contributed by atoms with E-state index in [2.05, 4.69) is 15.3 Å². The van der Waals surface area contributed by atoms with E-state index in [9.17, 15) is 22.5 Å². The van der Waals surface area contributed by atoms with Gasteiger partial charge in [-0.3, -0.25) is 4.79 Å². The molecule has 1 aliphatic heterocycles. The first kappa shape index (κ1) is 25.9. The van der Waals surface area contributed by atoms with Crippen molar-refractivity contribution >= 4 is 35.1 Å². The molecule has 0 unspecified atom stereocenters. The van der Waals surface area contributed by atoms with Crippen LogP contribution in [0.3, 0.4) is 0 Å². The molecule has 1 aliphatic rings. The van der Waals surface area contributed by atoms with Crippen LogP contribution in [-0.4, -0.2) is 53.3 Å². The fourth-order valence-electron chi connectivity index (χ4n) is 4.47. The van der Waals surface area contributed by atoms with Crippen LogP contribution in [0.1, 0.15) is 36.8 Å². The summed E-state index contributed by atoms with van der Waals surface area (Å²) in [6.07, 6.45) is -3.77. The summed E-state index contributed by atoms with van der Waals surface area (Å²) in [6.45, 7) is 5.77. The second-order valence-electron chi connectivity index (χ2n) is 8.99. The van der Waals surface area contributed by atoms with E-state index >= 15 is 0 Å². The molecule has 0 aliphatic carbocycles. The van der Waals surface area contributed by atoms with Crippen LogP contribution in [0, 0.1) is 6.92 Å². The van der Waals surface area contributed by atoms with Gasteiger partial charge >= 0.3 is 6.18 Å². The number of aromatic nitrogens is 2. The third-order valence-corrected chi connectivity index (χ3v) is 9.59. The fraction of sp³-hybridized carbons (Fsp3) is 0.400. The summed E-state index contributed by atoms with van der Waals surface area (Å²) in [5.74, 6) is 1.31. The standard InChI is InChI=1S/C25H28F3N4O3P/c1-15(18-6-5-7-19(12-18)25(26,27)28)29-24-20-13-23(22(35-4)14-21(20)30-16(2)31-24)36(34)10-8-32(9-11-36)17(3)33/h5-7,12-15H,8-11H2,1-4H3,(H,29,30,31)/t15-/m1/s1. The molecule has 0 saturated carbocycles. The van der Waals surface area contributed by atoms with Gasteiger partial charge in [-0.2, -0.15) is 13.2 Å². The number of ether oxygens (including phenoxy) is 1. The van der Waals surface area contributed by atoms with Gasteiger partial charge in [-0.25, -0.2) is 9.97 Å². The second kappa shape index (κ2) is 9.73. The molecular formula is C25H28F3N4O3P. The van der Waals surface area contributed by atoms with Gasteiger partial charge in [0.15, 0.2) is 0 Å². The van der Waals surface area contributed by atoms with Crippen LogP contribution < -0.4 is 15.4 Å². The second-order valence-corrected chi connectivity index (χ2v) is 12.1. The number of alkyl halides is 3. The van der Waals surface area contributed by atoms with E-state index in [0.717, 1.165) is 12.1 Å². The van der Waals surface area contributed by atoms with Crippen LogP contribution in [0.5, 0.6) is 5.75 Å². The van der Waals surface area contributed by atoms with Gasteiger partial charge in [0.25, 0.3) is 0 Å². The number of nitrogens with zero attached hydrogens (tertiary/aromatic N) is 3. The number of amides is 1. The number of carbonyl (C=O) groups is 1. The predicted octanol–water partition coefficient (Wildman–Crippen LogP) is 4.99. The molecule has 3 aromatic rings. The highest BCUT2D eigenvalue weighted by Crippen LogP contribution is 2.49. The number of fused-ring (bicyclic) bond motifs is 1.